The number of likely N-dealkylation sites (tertiary alicyclic amines) is 1. The molecule has 0 saturated carbocycles. The standard InChI is InChI=1S/C26H30FN3O6/c1-3-34-20-13-21(25(26(32)33)29-18-7-5-17(15-28)6-8-18)24(27)22(14-20)36-19-9-11-30(12-10-19)16-23(31)35-4-2/h5-8,13-14,19,25,29H,3-4,9-12,16H2,1-2H3,(H,32,33). The molecule has 0 aromatic heterocycles. The van der Waals surface area contributed by atoms with Crippen LogP contribution in [-0.4, -0.2) is 60.9 Å². The first-order valence-corrected chi connectivity index (χ1v) is 11.8. The Labute approximate surface area is 209 Å². The van der Waals surface area contributed by atoms with E-state index in [4.69, 9.17) is 19.5 Å². The number of nitrogens with one attached hydrogen (secondary N) is 1. The van der Waals surface area contributed by atoms with Gasteiger partial charge in [0.05, 0.1) is 31.4 Å². The first-order valence-electron chi connectivity index (χ1n) is 11.8. The summed E-state index contributed by atoms with van der Waals surface area (Å²) in [7, 11) is 0. The van der Waals surface area contributed by atoms with Gasteiger partial charge in [-0.25, -0.2) is 9.18 Å². The Morgan fingerprint density at radius 2 is 1.89 bits per heavy atom. The summed E-state index contributed by atoms with van der Waals surface area (Å²) in [4.78, 5) is 25.8. The van der Waals surface area contributed by atoms with Crippen LogP contribution in [0.1, 0.15) is 43.9 Å². The fraction of sp³-hybridized carbons (Fsp3) is 0.423. The van der Waals surface area contributed by atoms with E-state index in [9.17, 15) is 14.7 Å². The highest BCUT2D eigenvalue weighted by Gasteiger charge is 2.29. The third-order valence-electron chi connectivity index (χ3n) is 5.72. The molecule has 2 aromatic rings. The maximum atomic E-state index is 15.6. The van der Waals surface area contributed by atoms with Crippen LogP contribution < -0.4 is 14.8 Å². The van der Waals surface area contributed by atoms with Crippen LogP contribution >= 0.6 is 0 Å². The summed E-state index contributed by atoms with van der Waals surface area (Å²) in [5.74, 6) is -2.17. The lowest BCUT2D eigenvalue weighted by Crippen LogP contribution is -2.41. The zero-order valence-corrected chi connectivity index (χ0v) is 20.3. The molecule has 36 heavy (non-hydrogen) atoms. The molecular formula is C26H30FN3O6. The van der Waals surface area contributed by atoms with E-state index in [2.05, 4.69) is 5.32 Å². The van der Waals surface area contributed by atoms with Gasteiger partial charge in [0.15, 0.2) is 17.6 Å². The Bertz CT molecular complexity index is 1090. The minimum atomic E-state index is -1.42. The van der Waals surface area contributed by atoms with E-state index < -0.39 is 17.8 Å². The summed E-state index contributed by atoms with van der Waals surface area (Å²) in [6.45, 7) is 5.52. The molecule has 2 N–H and O–H groups in total. The highest BCUT2D eigenvalue weighted by Crippen LogP contribution is 2.34. The molecule has 0 aliphatic carbocycles. The van der Waals surface area contributed by atoms with E-state index in [-0.39, 0.29) is 35.7 Å². The van der Waals surface area contributed by atoms with Gasteiger partial charge in [-0.1, -0.05) is 0 Å². The Hall–Kier alpha value is -3.84. The van der Waals surface area contributed by atoms with Gasteiger partial charge >= 0.3 is 11.9 Å². The second-order valence-corrected chi connectivity index (χ2v) is 8.26. The smallest absolute Gasteiger partial charge is 0.330 e. The van der Waals surface area contributed by atoms with Gasteiger partial charge in [-0.05, 0) is 57.0 Å². The van der Waals surface area contributed by atoms with E-state index in [1.54, 1.807) is 26.0 Å². The molecule has 10 heteroatoms. The number of carbonyl (C=O) groups excluding carboxylic acids is 1. The van der Waals surface area contributed by atoms with Gasteiger partial charge in [-0.2, -0.15) is 5.26 Å². The molecule has 1 saturated heterocycles. The minimum Gasteiger partial charge on any atom is -0.494 e. The number of benzene rings is 2. The number of hydrogen-bond acceptors (Lipinski definition) is 8. The molecule has 1 unspecified atom stereocenters. The second kappa shape index (κ2) is 12.7. The lowest BCUT2D eigenvalue weighted by molar-refractivity contribution is -0.145. The summed E-state index contributed by atoms with van der Waals surface area (Å²) >= 11 is 0. The number of ether oxygens (including phenoxy) is 3. The molecule has 1 fully saturated rings. The van der Waals surface area contributed by atoms with Crippen molar-refractivity contribution in [1.29, 1.82) is 5.26 Å². The Kier molecular flexibility index (Phi) is 9.47. The largest absolute Gasteiger partial charge is 0.494 e. The van der Waals surface area contributed by atoms with Gasteiger partial charge in [-0.3, -0.25) is 9.69 Å². The first kappa shape index (κ1) is 26.8. The lowest BCUT2D eigenvalue weighted by atomic mass is 10.0. The number of hydrogen-bond donors (Lipinski definition) is 2. The number of carbonyl (C=O) groups is 2. The molecule has 0 spiro atoms. The summed E-state index contributed by atoms with van der Waals surface area (Å²) in [5, 5.41) is 21.7. The number of esters is 1. The van der Waals surface area contributed by atoms with Crippen molar-refractivity contribution >= 4 is 17.6 Å². The van der Waals surface area contributed by atoms with Gasteiger partial charge in [0.2, 0.25) is 0 Å². The highest BCUT2D eigenvalue weighted by molar-refractivity contribution is 5.80. The van der Waals surface area contributed by atoms with E-state index in [1.165, 1.54) is 24.3 Å². The fourth-order valence-corrected chi connectivity index (χ4v) is 3.97. The summed E-state index contributed by atoms with van der Waals surface area (Å²) in [5.41, 5.74) is 0.701. The van der Waals surface area contributed by atoms with Crippen molar-refractivity contribution in [2.24, 2.45) is 0 Å². The molecule has 1 atom stereocenters. The number of carboxylic acid groups (broad SMARTS) is 1. The maximum absolute atomic E-state index is 15.6. The second-order valence-electron chi connectivity index (χ2n) is 8.26. The predicted molar refractivity (Wildman–Crippen MR) is 129 cm³/mol. The van der Waals surface area contributed by atoms with E-state index in [1.807, 2.05) is 11.0 Å². The Morgan fingerprint density at radius 3 is 2.47 bits per heavy atom. The molecular weight excluding hydrogens is 469 g/mol. The summed E-state index contributed by atoms with van der Waals surface area (Å²) in [6.07, 6.45) is 0.829. The molecule has 2 aromatic carbocycles. The van der Waals surface area contributed by atoms with Gasteiger partial charge in [-0.15, -0.1) is 0 Å². The number of rotatable bonds is 11. The van der Waals surface area contributed by atoms with Crippen molar-refractivity contribution in [3.63, 3.8) is 0 Å². The Morgan fingerprint density at radius 1 is 1.19 bits per heavy atom. The molecule has 1 aliphatic rings. The number of nitriles is 1. The van der Waals surface area contributed by atoms with Crippen LogP contribution in [0.25, 0.3) is 0 Å². The van der Waals surface area contributed by atoms with Gasteiger partial charge in [0.1, 0.15) is 11.9 Å². The van der Waals surface area contributed by atoms with E-state index in [0.29, 0.717) is 50.4 Å². The van der Waals surface area contributed by atoms with Crippen LogP contribution in [0, 0.1) is 17.1 Å². The van der Waals surface area contributed by atoms with Crippen molar-refractivity contribution in [2.45, 2.75) is 38.8 Å². The van der Waals surface area contributed by atoms with Crippen LogP contribution in [0.5, 0.6) is 11.5 Å². The number of nitrogens with zero attached hydrogens (tertiary/aromatic N) is 2. The Balaban J connectivity index is 1.79. The third-order valence-corrected chi connectivity index (χ3v) is 5.72. The molecule has 9 nitrogen and oxygen atoms in total. The normalized spacial score (nSPS) is 14.9. The maximum Gasteiger partial charge on any atom is 0.330 e. The molecule has 0 amide bonds. The number of piperidine rings is 1. The number of aliphatic carboxylic acids is 1. The monoisotopic (exact) mass is 499 g/mol. The average Bonchev–Trinajstić information content (AvgIpc) is 2.86. The zero-order chi connectivity index (χ0) is 26.1. The van der Waals surface area contributed by atoms with E-state index in [0.717, 1.165) is 0 Å². The topological polar surface area (TPSA) is 121 Å². The average molecular weight is 500 g/mol. The lowest BCUT2D eigenvalue weighted by Gasteiger charge is -2.31. The van der Waals surface area contributed by atoms with Gasteiger partial charge in [0.25, 0.3) is 0 Å². The third kappa shape index (κ3) is 7.09. The predicted octanol–water partition coefficient (Wildman–Crippen LogP) is 3.74. The SMILES string of the molecule is CCOC(=O)CN1CCC(Oc2cc(OCC)cc(C(Nc3ccc(C#N)cc3)C(=O)O)c2F)CC1. The quantitative estimate of drug-likeness (QED) is 0.445. The van der Waals surface area contributed by atoms with Gasteiger partial charge < -0.3 is 24.6 Å². The van der Waals surface area contributed by atoms with Crippen LogP contribution in [0.3, 0.4) is 0 Å². The zero-order valence-electron chi connectivity index (χ0n) is 20.3. The van der Waals surface area contributed by atoms with Crippen molar-refractivity contribution in [1.82, 2.24) is 4.90 Å². The van der Waals surface area contributed by atoms with Crippen LogP contribution in [-0.2, 0) is 14.3 Å². The number of carboxylic acids is 1. The van der Waals surface area contributed by atoms with Crippen molar-refractivity contribution < 1.29 is 33.3 Å². The number of halogens is 1. The van der Waals surface area contributed by atoms with Crippen LogP contribution in [0.15, 0.2) is 36.4 Å². The molecule has 192 valence electrons. The first-order chi connectivity index (χ1) is 17.3. The highest BCUT2D eigenvalue weighted by atomic mass is 19.1. The number of anilines is 1. The summed E-state index contributed by atoms with van der Waals surface area (Å²) < 4.78 is 32.1. The molecule has 1 heterocycles. The molecule has 0 bridgehead atoms. The van der Waals surface area contributed by atoms with Crippen LogP contribution in [0.2, 0.25) is 0 Å². The molecule has 3 rings (SSSR count). The molecule has 1 aliphatic heterocycles. The van der Waals surface area contributed by atoms with E-state index >= 15 is 4.39 Å². The summed E-state index contributed by atoms with van der Waals surface area (Å²) in [6, 6.07) is 9.53. The van der Waals surface area contributed by atoms with Crippen LogP contribution in [0.4, 0.5) is 10.1 Å². The van der Waals surface area contributed by atoms with Gasteiger partial charge in [0, 0.05) is 30.4 Å². The molecule has 0 radical (unpaired) electrons. The minimum absolute atomic E-state index is 0.0901. The van der Waals surface area contributed by atoms with Crippen molar-refractivity contribution in [3.05, 3.63) is 53.3 Å². The van der Waals surface area contributed by atoms with Crippen molar-refractivity contribution in [3.8, 4) is 17.6 Å². The van der Waals surface area contributed by atoms with Crippen molar-refractivity contribution in [2.75, 3.05) is 38.2 Å². The fourth-order valence-electron chi connectivity index (χ4n) is 3.97.